The molecule has 0 aliphatic heterocycles. The van der Waals surface area contributed by atoms with E-state index in [1.165, 1.54) is 6.39 Å². The highest BCUT2D eigenvalue weighted by atomic mass is 16.3. The molecule has 0 spiro atoms. The predicted molar refractivity (Wildman–Crippen MR) is 93.8 cm³/mol. The molecule has 0 bridgehead atoms. The van der Waals surface area contributed by atoms with Crippen LogP contribution in [0.1, 0.15) is 25.0 Å². The number of nitrogens with zero attached hydrogens (tertiary/aromatic N) is 3. The van der Waals surface area contributed by atoms with Gasteiger partial charge in [0.05, 0.1) is 18.4 Å². The van der Waals surface area contributed by atoms with Crippen LogP contribution in [0.2, 0.25) is 0 Å². The molecule has 0 saturated heterocycles. The van der Waals surface area contributed by atoms with Crippen LogP contribution in [0.4, 0.5) is 5.69 Å². The third-order valence-corrected chi connectivity index (χ3v) is 3.72. The molecule has 0 amide bonds. The Kier molecular flexibility index (Phi) is 4.53. The quantitative estimate of drug-likeness (QED) is 0.685. The lowest BCUT2D eigenvalue weighted by molar-refractivity contribution is 0.554. The molecule has 24 heavy (non-hydrogen) atoms. The van der Waals surface area contributed by atoms with Crippen molar-refractivity contribution in [3.63, 3.8) is 0 Å². The Labute approximate surface area is 141 Å². The average Bonchev–Trinajstić information content (AvgIpc) is 3.10. The van der Waals surface area contributed by atoms with Gasteiger partial charge in [-0.15, -0.1) is 0 Å². The topological polar surface area (TPSA) is 76.8 Å². The summed E-state index contributed by atoms with van der Waals surface area (Å²) in [6.45, 7) is 4.52. The first-order valence-electron chi connectivity index (χ1n) is 7.77. The van der Waals surface area contributed by atoms with E-state index in [2.05, 4.69) is 15.2 Å². The fraction of sp³-hybridized carbons (Fsp3) is 0.211. The summed E-state index contributed by atoms with van der Waals surface area (Å²) in [5, 5.41) is 8.50. The van der Waals surface area contributed by atoms with Gasteiger partial charge in [-0.1, -0.05) is 24.3 Å². The van der Waals surface area contributed by atoms with E-state index >= 15 is 0 Å². The summed E-state index contributed by atoms with van der Waals surface area (Å²) < 4.78 is 5.26. The van der Waals surface area contributed by atoms with E-state index in [1.807, 2.05) is 62.4 Å². The van der Waals surface area contributed by atoms with E-state index in [4.69, 9.17) is 10.2 Å². The molecule has 1 aromatic heterocycles. The van der Waals surface area contributed by atoms with Crippen molar-refractivity contribution in [3.8, 4) is 11.3 Å². The van der Waals surface area contributed by atoms with Crippen molar-refractivity contribution in [2.75, 3.05) is 0 Å². The molecule has 0 unspecified atom stereocenters. The predicted octanol–water partition coefficient (Wildman–Crippen LogP) is 4.82. The maximum Gasteiger partial charge on any atom is 0.181 e. The Bertz CT molecular complexity index is 798. The number of oxazole rings is 1. The third-order valence-electron chi connectivity index (χ3n) is 3.72. The number of benzene rings is 2. The molecule has 2 N–H and O–H groups in total. The molecule has 3 rings (SSSR count). The normalized spacial score (nSPS) is 12.0. The van der Waals surface area contributed by atoms with Crippen LogP contribution < -0.4 is 5.73 Å². The van der Waals surface area contributed by atoms with E-state index in [0.717, 1.165) is 28.1 Å². The van der Waals surface area contributed by atoms with Crippen LogP contribution in [0.5, 0.6) is 0 Å². The standard InChI is InChI=1S/C19H20N4O/c1-19(2,20)16-7-3-14(4-8-16)11-22-23-17-9-5-15(6-10-17)18-12-21-13-24-18/h3-10,12-13H,11,20H2,1-2H3. The highest BCUT2D eigenvalue weighted by Crippen LogP contribution is 2.22. The monoisotopic (exact) mass is 320 g/mol. The largest absolute Gasteiger partial charge is 0.444 e. The summed E-state index contributed by atoms with van der Waals surface area (Å²) >= 11 is 0. The first-order valence-corrected chi connectivity index (χ1v) is 7.77. The van der Waals surface area contributed by atoms with Crippen molar-refractivity contribution in [1.82, 2.24) is 4.98 Å². The highest BCUT2D eigenvalue weighted by Gasteiger charge is 2.12. The minimum absolute atomic E-state index is 0.328. The van der Waals surface area contributed by atoms with Crippen LogP contribution in [0, 0.1) is 0 Å². The molecule has 1 heterocycles. The minimum atomic E-state index is -0.328. The second-order valence-electron chi connectivity index (χ2n) is 6.23. The van der Waals surface area contributed by atoms with Gasteiger partial charge in [0.1, 0.15) is 0 Å². The summed E-state index contributed by atoms with van der Waals surface area (Å²) in [6.07, 6.45) is 3.10. The fourth-order valence-corrected chi connectivity index (χ4v) is 2.29. The molecule has 0 aliphatic carbocycles. The van der Waals surface area contributed by atoms with Crippen LogP contribution in [0.25, 0.3) is 11.3 Å². The Morgan fingerprint density at radius 2 is 1.75 bits per heavy atom. The molecule has 5 heteroatoms. The lowest BCUT2D eigenvalue weighted by Crippen LogP contribution is -2.28. The number of rotatable bonds is 5. The van der Waals surface area contributed by atoms with Crippen molar-refractivity contribution in [1.29, 1.82) is 0 Å². The third kappa shape index (κ3) is 3.94. The SMILES string of the molecule is CC(C)(N)c1ccc(CN=Nc2ccc(-c3cnco3)cc2)cc1. The Morgan fingerprint density at radius 1 is 1.04 bits per heavy atom. The zero-order valence-electron chi connectivity index (χ0n) is 13.8. The number of aromatic nitrogens is 1. The number of hydrogen-bond acceptors (Lipinski definition) is 5. The van der Waals surface area contributed by atoms with Crippen LogP contribution in [-0.4, -0.2) is 4.98 Å². The summed E-state index contributed by atoms with van der Waals surface area (Å²) in [7, 11) is 0. The van der Waals surface area contributed by atoms with Gasteiger partial charge in [-0.05, 0) is 49.2 Å². The molecule has 2 aromatic carbocycles. The highest BCUT2D eigenvalue weighted by molar-refractivity contribution is 5.59. The van der Waals surface area contributed by atoms with Crippen molar-refractivity contribution in [2.24, 2.45) is 16.0 Å². The van der Waals surface area contributed by atoms with E-state index < -0.39 is 0 Å². The van der Waals surface area contributed by atoms with E-state index in [-0.39, 0.29) is 5.54 Å². The van der Waals surface area contributed by atoms with Crippen LogP contribution in [-0.2, 0) is 12.1 Å². The molecule has 0 aliphatic rings. The van der Waals surface area contributed by atoms with Gasteiger partial charge in [0.25, 0.3) is 0 Å². The van der Waals surface area contributed by atoms with E-state index in [0.29, 0.717) is 6.54 Å². The maximum absolute atomic E-state index is 6.08. The van der Waals surface area contributed by atoms with E-state index in [9.17, 15) is 0 Å². The lowest BCUT2D eigenvalue weighted by atomic mass is 9.95. The van der Waals surface area contributed by atoms with Gasteiger partial charge in [0.15, 0.2) is 12.2 Å². The minimum Gasteiger partial charge on any atom is -0.444 e. The lowest BCUT2D eigenvalue weighted by Gasteiger charge is -2.19. The zero-order chi connectivity index (χ0) is 17.0. The van der Waals surface area contributed by atoms with Gasteiger partial charge >= 0.3 is 0 Å². The molecule has 122 valence electrons. The van der Waals surface area contributed by atoms with Gasteiger partial charge < -0.3 is 10.2 Å². The van der Waals surface area contributed by atoms with Gasteiger partial charge in [0, 0.05) is 11.1 Å². The Hall–Kier alpha value is -2.79. The van der Waals surface area contributed by atoms with Crippen molar-refractivity contribution in [2.45, 2.75) is 25.9 Å². The summed E-state index contributed by atoms with van der Waals surface area (Å²) in [6, 6.07) is 15.8. The number of azo groups is 1. The van der Waals surface area contributed by atoms with Crippen molar-refractivity contribution < 1.29 is 4.42 Å². The van der Waals surface area contributed by atoms with Gasteiger partial charge in [-0.2, -0.15) is 10.2 Å². The van der Waals surface area contributed by atoms with E-state index in [1.54, 1.807) is 6.20 Å². The summed E-state index contributed by atoms with van der Waals surface area (Å²) in [5.41, 5.74) is 9.72. The molecule has 3 aromatic rings. The summed E-state index contributed by atoms with van der Waals surface area (Å²) in [5.74, 6) is 0.737. The Balaban J connectivity index is 1.62. The number of hydrogen-bond donors (Lipinski definition) is 1. The van der Waals surface area contributed by atoms with Crippen LogP contribution in [0.15, 0.2) is 75.8 Å². The smallest absolute Gasteiger partial charge is 0.181 e. The number of nitrogens with two attached hydrogens (primary N) is 1. The molecular weight excluding hydrogens is 300 g/mol. The van der Waals surface area contributed by atoms with Gasteiger partial charge in [-0.3, -0.25) is 0 Å². The zero-order valence-corrected chi connectivity index (χ0v) is 13.8. The molecular formula is C19H20N4O. The molecule has 0 radical (unpaired) electrons. The van der Waals surface area contributed by atoms with Crippen LogP contribution >= 0.6 is 0 Å². The molecule has 5 nitrogen and oxygen atoms in total. The average molecular weight is 320 g/mol. The van der Waals surface area contributed by atoms with Crippen LogP contribution in [0.3, 0.4) is 0 Å². The fourth-order valence-electron chi connectivity index (χ4n) is 2.29. The first-order chi connectivity index (χ1) is 11.5. The molecule has 0 atom stereocenters. The summed E-state index contributed by atoms with van der Waals surface area (Å²) in [4.78, 5) is 3.91. The second kappa shape index (κ2) is 6.76. The maximum atomic E-state index is 6.08. The van der Waals surface area contributed by atoms with Crippen molar-refractivity contribution >= 4 is 5.69 Å². The second-order valence-corrected chi connectivity index (χ2v) is 6.23. The molecule has 0 saturated carbocycles. The van der Waals surface area contributed by atoms with Gasteiger partial charge in [0.2, 0.25) is 0 Å². The molecule has 0 fully saturated rings. The van der Waals surface area contributed by atoms with Gasteiger partial charge in [-0.25, -0.2) is 4.98 Å². The Morgan fingerprint density at radius 3 is 2.33 bits per heavy atom. The van der Waals surface area contributed by atoms with Crippen molar-refractivity contribution in [3.05, 3.63) is 72.2 Å². The first kappa shape index (κ1) is 16.1.